The minimum atomic E-state index is -0.359. The van der Waals surface area contributed by atoms with Crippen LogP contribution in [0.15, 0.2) is 85.9 Å². The molecule has 0 spiro atoms. The highest BCUT2D eigenvalue weighted by Crippen LogP contribution is 2.53. The Morgan fingerprint density at radius 1 is 0.870 bits per heavy atom. The lowest BCUT2D eigenvalue weighted by Gasteiger charge is -2.18. The van der Waals surface area contributed by atoms with Crippen molar-refractivity contribution in [3.63, 3.8) is 0 Å². The number of hydrogen-bond acceptors (Lipinski definition) is 5. The van der Waals surface area contributed by atoms with Crippen LogP contribution in [0.5, 0.6) is 23.1 Å². The van der Waals surface area contributed by atoms with Gasteiger partial charge in [0.15, 0.2) is 5.76 Å². The van der Waals surface area contributed by atoms with E-state index in [1.54, 1.807) is 36.4 Å². The van der Waals surface area contributed by atoms with Crippen molar-refractivity contribution in [1.82, 2.24) is 4.98 Å². The monoisotopic (exact) mass is 745 g/mol. The van der Waals surface area contributed by atoms with Gasteiger partial charge < -0.3 is 19.2 Å². The summed E-state index contributed by atoms with van der Waals surface area (Å²) in [5, 5.41) is 9.57. The summed E-state index contributed by atoms with van der Waals surface area (Å²) in [6.07, 6.45) is 3.96. The fourth-order valence-electron chi connectivity index (χ4n) is 5.62. The van der Waals surface area contributed by atoms with E-state index in [-0.39, 0.29) is 23.5 Å². The predicted octanol–water partition coefficient (Wildman–Crippen LogP) is 10.5. The van der Waals surface area contributed by atoms with Crippen molar-refractivity contribution in [2.24, 2.45) is 10.9 Å². The number of aryl methyl sites for hydroxylation is 2. The molecule has 2 heterocycles. The van der Waals surface area contributed by atoms with Crippen LogP contribution >= 0.6 is 31.9 Å². The molecule has 4 aromatic rings. The number of rotatable bonds is 8. The highest BCUT2D eigenvalue weighted by Gasteiger charge is 2.41. The van der Waals surface area contributed by atoms with Gasteiger partial charge in [0.1, 0.15) is 34.6 Å². The number of nitrogens with zero attached hydrogens (tertiary/aromatic N) is 2. The van der Waals surface area contributed by atoms with Crippen molar-refractivity contribution >= 4 is 43.5 Å². The third-order valence-corrected chi connectivity index (χ3v) is 9.66. The van der Waals surface area contributed by atoms with E-state index in [1.165, 1.54) is 24.3 Å². The molecule has 0 saturated heterocycles. The molecule has 0 radical (unpaired) electrons. The molecule has 1 aromatic heterocycles. The normalized spacial score (nSPS) is 17.1. The number of benzene rings is 3. The summed E-state index contributed by atoms with van der Waals surface area (Å²) in [4.78, 5) is 8.48. The zero-order chi connectivity index (χ0) is 32.1. The quantitative estimate of drug-likeness (QED) is 0.182. The van der Waals surface area contributed by atoms with Crippen LogP contribution in [0.25, 0.3) is 5.76 Å². The number of nitriles is 1. The van der Waals surface area contributed by atoms with E-state index < -0.39 is 0 Å². The Morgan fingerprint density at radius 2 is 1.43 bits per heavy atom. The number of H-pyrrole nitrogens is 1. The third kappa shape index (κ3) is 6.02. The fraction of sp³-hybridized carbons (Fsp3) is 0.222. The van der Waals surface area contributed by atoms with E-state index in [0.717, 1.165) is 52.4 Å². The Bertz CT molecular complexity index is 1980. The van der Waals surface area contributed by atoms with E-state index in [0.29, 0.717) is 56.2 Å². The standard InChI is InChI=1S/C36H27Br2F2N3O3/c1-18-15-20(17-41)16-19(2)33(18)46-34(31-27(21-3-4-21)29(37)35(42-31)44-25-11-7-23(39)8-12-25)32-28(22-5-6-22)30(38)36(43-32)45-26-13-9-24(40)10-14-26/h7-16,21-22,42H,3-6H2,1-2H3/b34-32+. The van der Waals surface area contributed by atoms with Crippen molar-refractivity contribution in [1.29, 1.82) is 5.26 Å². The van der Waals surface area contributed by atoms with Crippen molar-refractivity contribution in [2.45, 2.75) is 45.4 Å². The molecular weight excluding hydrogens is 720 g/mol. The minimum Gasteiger partial charge on any atom is -0.452 e. The molecule has 2 aliphatic carbocycles. The van der Waals surface area contributed by atoms with Crippen LogP contribution in [0.1, 0.15) is 59.5 Å². The van der Waals surface area contributed by atoms with E-state index in [4.69, 9.17) is 19.2 Å². The van der Waals surface area contributed by atoms with Crippen molar-refractivity contribution in [2.75, 3.05) is 0 Å². The van der Waals surface area contributed by atoms with Crippen molar-refractivity contribution in [3.05, 3.63) is 120 Å². The van der Waals surface area contributed by atoms with Gasteiger partial charge in [0.2, 0.25) is 11.8 Å². The summed E-state index contributed by atoms with van der Waals surface area (Å²) in [6.45, 7) is 3.82. The average Bonchev–Trinajstić information content (AvgIpc) is 3.98. The molecule has 0 bridgehead atoms. The van der Waals surface area contributed by atoms with Crippen LogP contribution in [-0.2, 0) is 0 Å². The lowest BCUT2D eigenvalue weighted by Crippen LogP contribution is -2.06. The van der Waals surface area contributed by atoms with E-state index in [1.807, 2.05) is 13.8 Å². The van der Waals surface area contributed by atoms with Gasteiger partial charge in [0, 0.05) is 11.1 Å². The molecule has 7 rings (SSSR count). The number of aliphatic imine (C=N–C) groups is 1. The summed E-state index contributed by atoms with van der Waals surface area (Å²) < 4.78 is 48.1. The maximum absolute atomic E-state index is 13.7. The number of ether oxygens (including phenoxy) is 3. The first-order valence-corrected chi connectivity index (χ1v) is 16.5. The van der Waals surface area contributed by atoms with Crippen LogP contribution < -0.4 is 14.2 Å². The highest BCUT2D eigenvalue weighted by atomic mass is 79.9. The predicted molar refractivity (Wildman–Crippen MR) is 178 cm³/mol. The molecule has 46 heavy (non-hydrogen) atoms. The lowest BCUT2D eigenvalue weighted by atomic mass is 10.0. The van der Waals surface area contributed by atoms with Gasteiger partial charge >= 0.3 is 0 Å². The summed E-state index contributed by atoms with van der Waals surface area (Å²) in [5.41, 5.74) is 5.42. The SMILES string of the molecule is Cc1cc(C#N)cc(C)c1O/C(=C1/N=C(Oc2ccc(F)cc2)C(Br)=C1C1CC1)c1[nH]c(Oc2ccc(F)cc2)c(Br)c1C1CC1. The molecule has 10 heteroatoms. The minimum absolute atomic E-state index is 0.238. The maximum Gasteiger partial charge on any atom is 0.234 e. The van der Waals surface area contributed by atoms with Crippen LogP contribution in [0.2, 0.25) is 0 Å². The zero-order valence-corrected chi connectivity index (χ0v) is 28.1. The molecule has 2 fully saturated rings. The first-order valence-electron chi connectivity index (χ1n) is 14.9. The van der Waals surface area contributed by atoms with Crippen molar-refractivity contribution in [3.8, 4) is 29.2 Å². The first kappa shape index (κ1) is 30.5. The molecule has 232 valence electrons. The van der Waals surface area contributed by atoms with Crippen LogP contribution in [-0.4, -0.2) is 10.9 Å². The summed E-state index contributed by atoms with van der Waals surface area (Å²) >= 11 is 7.58. The molecule has 0 unspecified atom stereocenters. The third-order valence-electron chi connectivity index (χ3n) is 8.10. The van der Waals surface area contributed by atoms with Crippen LogP contribution in [0, 0.1) is 42.7 Å². The van der Waals surface area contributed by atoms with Gasteiger partial charge in [0.25, 0.3) is 0 Å². The van der Waals surface area contributed by atoms with Gasteiger partial charge in [-0.2, -0.15) is 5.26 Å². The second-order valence-corrected chi connectivity index (χ2v) is 13.3. The first-order chi connectivity index (χ1) is 22.2. The maximum atomic E-state index is 13.7. The van der Waals surface area contributed by atoms with Gasteiger partial charge in [0.05, 0.1) is 26.3 Å². The average molecular weight is 747 g/mol. The molecule has 0 atom stereocenters. The largest absolute Gasteiger partial charge is 0.452 e. The second-order valence-electron chi connectivity index (χ2n) is 11.7. The summed E-state index contributed by atoms with van der Waals surface area (Å²) in [5.74, 6) is 2.61. The number of halogens is 4. The number of aromatic amines is 1. The Hall–Kier alpha value is -4.20. The number of nitrogens with one attached hydrogen (secondary N) is 1. The van der Waals surface area contributed by atoms with Gasteiger partial charge in [-0.1, -0.05) is 0 Å². The molecule has 1 aliphatic heterocycles. The van der Waals surface area contributed by atoms with Gasteiger partial charge in [-0.05, 0) is 155 Å². The smallest absolute Gasteiger partial charge is 0.234 e. The molecule has 3 aliphatic rings. The van der Waals surface area contributed by atoms with Gasteiger partial charge in [-0.15, -0.1) is 0 Å². The van der Waals surface area contributed by atoms with E-state index >= 15 is 0 Å². The van der Waals surface area contributed by atoms with Gasteiger partial charge in [-0.25, -0.2) is 13.8 Å². The zero-order valence-electron chi connectivity index (χ0n) is 24.9. The molecule has 1 N–H and O–H groups in total. The van der Waals surface area contributed by atoms with Crippen molar-refractivity contribution < 1.29 is 23.0 Å². The Morgan fingerprint density at radius 3 is 1.98 bits per heavy atom. The topological polar surface area (TPSA) is 79.6 Å². The number of aromatic nitrogens is 1. The lowest BCUT2D eigenvalue weighted by molar-refractivity contribution is 0.458. The molecule has 3 aromatic carbocycles. The summed E-state index contributed by atoms with van der Waals surface area (Å²) in [6, 6.07) is 17.5. The summed E-state index contributed by atoms with van der Waals surface area (Å²) in [7, 11) is 0. The fourth-order valence-corrected chi connectivity index (χ4v) is 7.00. The molecular formula is C36H27Br2F2N3O3. The Labute approximate surface area is 281 Å². The number of hydrogen-bond donors (Lipinski definition) is 1. The van der Waals surface area contributed by atoms with Gasteiger partial charge in [-0.3, -0.25) is 0 Å². The Kier molecular flexibility index (Phi) is 8.07. The Balaban J connectivity index is 1.42. The van der Waals surface area contributed by atoms with Crippen LogP contribution in [0.3, 0.4) is 0 Å². The highest BCUT2D eigenvalue weighted by molar-refractivity contribution is 9.12. The second kappa shape index (κ2) is 12.2. The molecule has 0 amide bonds. The molecule has 2 saturated carbocycles. The van der Waals surface area contributed by atoms with Crippen LogP contribution in [0.4, 0.5) is 8.78 Å². The van der Waals surface area contributed by atoms with E-state index in [9.17, 15) is 14.0 Å². The number of allylic oxidation sites excluding steroid dienone is 1. The molecule has 6 nitrogen and oxygen atoms in total. The van der Waals surface area contributed by atoms with E-state index in [2.05, 4.69) is 42.9 Å².